The Bertz CT molecular complexity index is 218. The van der Waals surface area contributed by atoms with Gasteiger partial charge in [0.05, 0.1) is 12.7 Å². The average molecular weight is 241 g/mol. The van der Waals surface area contributed by atoms with Crippen LogP contribution in [0.4, 0.5) is 0 Å². The maximum absolute atomic E-state index is 5.78. The molecule has 1 aliphatic heterocycles. The highest BCUT2D eigenvalue weighted by Gasteiger charge is 2.32. The van der Waals surface area contributed by atoms with Gasteiger partial charge in [-0.1, -0.05) is 25.7 Å². The molecular weight excluding hydrogens is 214 g/mol. The average Bonchev–Trinajstić information content (AvgIpc) is 2.52. The minimum absolute atomic E-state index is 0.232. The number of hydrogen-bond acceptors (Lipinski definition) is 3. The van der Waals surface area contributed by atoms with Gasteiger partial charge in [0.2, 0.25) is 0 Å². The molecule has 0 radical (unpaired) electrons. The summed E-state index contributed by atoms with van der Waals surface area (Å²) in [6, 6.07) is 0. The van der Waals surface area contributed by atoms with Crippen molar-refractivity contribution in [3.63, 3.8) is 0 Å². The summed E-state index contributed by atoms with van der Waals surface area (Å²) in [5, 5.41) is 3.56. The van der Waals surface area contributed by atoms with Gasteiger partial charge in [0.25, 0.3) is 0 Å². The van der Waals surface area contributed by atoms with E-state index in [4.69, 9.17) is 9.47 Å². The van der Waals surface area contributed by atoms with Crippen molar-refractivity contribution in [2.75, 3.05) is 19.7 Å². The zero-order chi connectivity index (χ0) is 12.1. The minimum Gasteiger partial charge on any atom is -0.348 e. The molecule has 1 aliphatic carbocycles. The van der Waals surface area contributed by atoms with Gasteiger partial charge in [-0.15, -0.1) is 0 Å². The largest absolute Gasteiger partial charge is 0.348 e. The lowest BCUT2D eigenvalue weighted by molar-refractivity contribution is -0.137. The van der Waals surface area contributed by atoms with E-state index in [1.165, 1.54) is 38.5 Å². The predicted octanol–water partition coefficient (Wildman–Crippen LogP) is 2.70. The molecule has 1 unspecified atom stereocenters. The third-order valence-electron chi connectivity index (χ3n) is 3.85. The standard InChI is InChI=1S/C14H27NO2/c1-14(2)16-11-13(17-14)10-15-9-12-7-5-3-4-6-8-12/h12-13,15H,3-11H2,1-2H3. The van der Waals surface area contributed by atoms with Gasteiger partial charge in [-0.05, 0) is 39.2 Å². The molecule has 0 bridgehead atoms. The fourth-order valence-electron chi connectivity index (χ4n) is 2.88. The first-order chi connectivity index (χ1) is 8.16. The number of ether oxygens (including phenoxy) is 2. The molecular formula is C14H27NO2. The number of nitrogens with one attached hydrogen (secondary N) is 1. The van der Waals surface area contributed by atoms with Crippen LogP contribution in [-0.4, -0.2) is 31.6 Å². The number of hydrogen-bond donors (Lipinski definition) is 1. The van der Waals surface area contributed by atoms with Crippen LogP contribution in [0, 0.1) is 5.92 Å². The summed E-state index contributed by atoms with van der Waals surface area (Å²) in [5.74, 6) is 0.502. The fourth-order valence-corrected chi connectivity index (χ4v) is 2.88. The molecule has 0 amide bonds. The summed E-state index contributed by atoms with van der Waals surface area (Å²) in [5.41, 5.74) is 0. The highest BCUT2D eigenvalue weighted by Crippen LogP contribution is 2.23. The van der Waals surface area contributed by atoms with Crippen LogP contribution < -0.4 is 5.32 Å². The molecule has 100 valence electrons. The van der Waals surface area contributed by atoms with E-state index in [1.807, 2.05) is 13.8 Å². The minimum atomic E-state index is -0.380. The van der Waals surface area contributed by atoms with Crippen molar-refractivity contribution in [3.8, 4) is 0 Å². The Morgan fingerprint density at radius 3 is 2.35 bits per heavy atom. The molecule has 0 aromatic carbocycles. The highest BCUT2D eigenvalue weighted by molar-refractivity contribution is 4.74. The van der Waals surface area contributed by atoms with Gasteiger partial charge in [-0.2, -0.15) is 0 Å². The quantitative estimate of drug-likeness (QED) is 0.768. The zero-order valence-electron chi connectivity index (χ0n) is 11.3. The predicted molar refractivity (Wildman–Crippen MR) is 69.0 cm³/mol. The van der Waals surface area contributed by atoms with Crippen LogP contribution in [0.2, 0.25) is 0 Å². The Kier molecular flexibility index (Phi) is 4.83. The van der Waals surface area contributed by atoms with Crippen LogP contribution in [0.5, 0.6) is 0 Å². The van der Waals surface area contributed by atoms with E-state index < -0.39 is 0 Å². The molecule has 2 fully saturated rings. The summed E-state index contributed by atoms with van der Waals surface area (Å²) in [6.45, 7) is 6.78. The lowest BCUT2D eigenvalue weighted by Crippen LogP contribution is -2.33. The van der Waals surface area contributed by atoms with Crippen LogP contribution in [0.3, 0.4) is 0 Å². The Hall–Kier alpha value is -0.120. The molecule has 1 N–H and O–H groups in total. The summed E-state index contributed by atoms with van der Waals surface area (Å²) in [7, 11) is 0. The molecule has 1 heterocycles. The molecule has 0 spiro atoms. The second kappa shape index (κ2) is 6.17. The molecule has 0 aromatic heterocycles. The molecule has 1 atom stereocenters. The van der Waals surface area contributed by atoms with Crippen molar-refractivity contribution in [1.29, 1.82) is 0 Å². The Balaban J connectivity index is 1.59. The van der Waals surface area contributed by atoms with E-state index in [9.17, 15) is 0 Å². The Morgan fingerprint density at radius 2 is 1.76 bits per heavy atom. The fraction of sp³-hybridized carbons (Fsp3) is 1.00. The van der Waals surface area contributed by atoms with Gasteiger partial charge in [0.1, 0.15) is 0 Å². The Labute approximate surface area is 105 Å². The smallest absolute Gasteiger partial charge is 0.163 e. The third kappa shape index (κ3) is 4.57. The van der Waals surface area contributed by atoms with E-state index in [-0.39, 0.29) is 11.9 Å². The summed E-state index contributed by atoms with van der Waals surface area (Å²) < 4.78 is 11.3. The molecule has 1 saturated carbocycles. The second-order valence-corrected chi connectivity index (χ2v) is 5.97. The maximum atomic E-state index is 5.78. The van der Waals surface area contributed by atoms with Gasteiger partial charge in [0.15, 0.2) is 5.79 Å². The van der Waals surface area contributed by atoms with Crippen LogP contribution >= 0.6 is 0 Å². The van der Waals surface area contributed by atoms with Crippen molar-refractivity contribution in [2.24, 2.45) is 5.92 Å². The molecule has 1 saturated heterocycles. The zero-order valence-corrected chi connectivity index (χ0v) is 11.3. The van der Waals surface area contributed by atoms with Gasteiger partial charge >= 0.3 is 0 Å². The molecule has 0 aromatic rings. The van der Waals surface area contributed by atoms with Crippen molar-refractivity contribution < 1.29 is 9.47 Å². The topological polar surface area (TPSA) is 30.5 Å². The van der Waals surface area contributed by atoms with E-state index in [0.29, 0.717) is 0 Å². The lowest BCUT2D eigenvalue weighted by Gasteiger charge is -2.19. The second-order valence-electron chi connectivity index (χ2n) is 5.97. The van der Waals surface area contributed by atoms with Crippen LogP contribution in [0.1, 0.15) is 52.4 Å². The SMILES string of the molecule is CC1(C)OCC(CNCC2CCCCCC2)O1. The molecule has 2 rings (SSSR count). The van der Waals surface area contributed by atoms with Crippen LogP contribution in [-0.2, 0) is 9.47 Å². The van der Waals surface area contributed by atoms with E-state index in [0.717, 1.165) is 25.6 Å². The summed E-state index contributed by atoms with van der Waals surface area (Å²) in [4.78, 5) is 0. The first-order valence-electron chi connectivity index (χ1n) is 7.18. The van der Waals surface area contributed by atoms with Crippen LogP contribution in [0.15, 0.2) is 0 Å². The third-order valence-corrected chi connectivity index (χ3v) is 3.85. The van der Waals surface area contributed by atoms with Crippen LogP contribution in [0.25, 0.3) is 0 Å². The highest BCUT2D eigenvalue weighted by atomic mass is 16.7. The summed E-state index contributed by atoms with van der Waals surface area (Å²) in [6.07, 6.45) is 8.75. The Morgan fingerprint density at radius 1 is 1.06 bits per heavy atom. The van der Waals surface area contributed by atoms with E-state index in [1.54, 1.807) is 0 Å². The van der Waals surface area contributed by atoms with E-state index >= 15 is 0 Å². The van der Waals surface area contributed by atoms with Gasteiger partial charge in [0, 0.05) is 6.54 Å². The van der Waals surface area contributed by atoms with Crippen molar-refractivity contribution in [1.82, 2.24) is 5.32 Å². The normalized spacial score (nSPS) is 30.4. The molecule has 2 aliphatic rings. The monoisotopic (exact) mass is 241 g/mol. The van der Waals surface area contributed by atoms with Gasteiger partial charge in [-0.25, -0.2) is 0 Å². The van der Waals surface area contributed by atoms with Gasteiger partial charge < -0.3 is 14.8 Å². The van der Waals surface area contributed by atoms with Crippen molar-refractivity contribution in [2.45, 2.75) is 64.3 Å². The molecule has 3 heteroatoms. The van der Waals surface area contributed by atoms with E-state index in [2.05, 4.69) is 5.32 Å². The molecule has 3 nitrogen and oxygen atoms in total. The van der Waals surface area contributed by atoms with Crippen molar-refractivity contribution >= 4 is 0 Å². The summed E-state index contributed by atoms with van der Waals surface area (Å²) >= 11 is 0. The maximum Gasteiger partial charge on any atom is 0.163 e. The first-order valence-corrected chi connectivity index (χ1v) is 7.18. The number of rotatable bonds is 4. The van der Waals surface area contributed by atoms with Gasteiger partial charge in [-0.3, -0.25) is 0 Å². The molecule has 17 heavy (non-hydrogen) atoms. The lowest BCUT2D eigenvalue weighted by atomic mass is 10.0. The first kappa shape index (κ1) is 13.3. The van der Waals surface area contributed by atoms with Crippen molar-refractivity contribution in [3.05, 3.63) is 0 Å².